The van der Waals surface area contributed by atoms with Crippen LogP contribution in [0.2, 0.25) is 5.02 Å². The zero-order chi connectivity index (χ0) is 14.0. The molecule has 0 spiro atoms. The Morgan fingerprint density at radius 1 is 1.32 bits per heavy atom. The third kappa shape index (κ3) is 3.24. The second-order valence-electron chi connectivity index (χ2n) is 4.82. The van der Waals surface area contributed by atoms with Crippen molar-refractivity contribution >= 4 is 29.1 Å². The summed E-state index contributed by atoms with van der Waals surface area (Å²) in [4.78, 5) is 23.0. The van der Waals surface area contributed by atoms with Crippen LogP contribution in [0.1, 0.15) is 29.6 Å². The maximum Gasteiger partial charge on any atom is 0.250 e. The molecule has 1 aliphatic carbocycles. The van der Waals surface area contributed by atoms with E-state index >= 15 is 0 Å². The predicted octanol–water partition coefficient (Wildman–Crippen LogP) is 1.50. The van der Waals surface area contributed by atoms with E-state index in [9.17, 15) is 9.59 Å². The molecule has 5 N–H and O–H groups in total. The van der Waals surface area contributed by atoms with Crippen molar-refractivity contribution in [3.05, 3.63) is 28.8 Å². The number of nitrogens with one attached hydrogen (secondary N) is 1. The summed E-state index contributed by atoms with van der Waals surface area (Å²) in [6, 6.07) is 4.74. The quantitative estimate of drug-likeness (QED) is 0.783. The molecular formula is C13H16ClN3O2. The average molecular weight is 282 g/mol. The fourth-order valence-corrected chi connectivity index (χ4v) is 2.57. The Hall–Kier alpha value is -1.59. The number of primary amides is 1. The molecule has 1 aromatic rings. The summed E-state index contributed by atoms with van der Waals surface area (Å²) in [7, 11) is 0. The number of anilines is 1. The summed E-state index contributed by atoms with van der Waals surface area (Å²) in [6.07, 6.45) is 2.39. The molecule has 0 aliphatic heterocycles. The van der Waals surface area contributed by atoms with Crippen molar-refractivity contribution in [2.45, 2.75) is 25.3 Å². The largest absolute Gasteiger partial charge is 0.366 e. The third-order valence-corrected chi connectivity index (χ3v) is 3.66. The lowest BCUT2D eigenvalue weighted by atomic mass is 10.1. The monoisotopic (exact) mass is 281 g/mol. The lowest BCUT2D eigenvalue weighted by Gasteiger charge is -2.11. The molecule has 0 bridgehead atoms. The number of rotatable bonds is 3. The number of halogens is 1. The minimum absolute atomic E-state index is 0.0513. The Labute approximate surface area is 116 Å². The first-order valence-electron chi connectivity index (χ1n) is 6.13. The number of nitrogens with two attached hydrogens (primary N) is 2. The van der Waals surface area contributed by atoms with E-state index in [1.54, 1.807) is 6.07 Å². The zero-order valence-corrected chi connectivity index (χ0v) is 11.1. The molecule has 1 saturated carbocycles. The van der Waals surface area contributed by atoms with Gasteiger partial charge in [0.1, 0.15) is 0 Å². The first-order valence-corrected chi connectivity index (χ1v) is 6.51. The van der Waals surface area contributed by atoms with Gasteiger partial charge >= 0.3 is 0 Å². The maximum absolute atomic E-state index is 12.0. The Balaban J connectivity index is 2.05. The molecule has 2 atom stereocenters. The van der Waals surface area contributed by atoms with E-state index in [2.05, 4.69) is 5.32 Å². The van der Waals surface area contributed by atoms with E-state index in [-0.39, 0.29) is 28.5 Å². The molecule has 0 saturated heterocycles. The highest BCUT2D eigenvalue weighted by Crippen LogP contribution is 2.26. The first-order chi connectivity index (χ1) is 8.97. The van der Waals surface area contributed by atoms with Crippen LogP contribution in [-0.4, -0.2) is 17.9 Å². The van der Waals surface area contributed by atoms with Gasteiger partial charge in [-0.2, -0.15) is 0 Å². The molecule has 1 fully saturated rings. The highest BCUT2D eigenvalue weighted by Gasteiger charge is 2.27. The third-order valence-electron chi connectivity index (χ3n) is 3.35. The molecular weight excluding hydrogens is 266 g/mol. The van der Waals surface area contributed by atoms with Crippen molar-refractivity contribution in [3.8, 4) is 0 Å². The number of carbonyl (C=O) groups excluding carboxylic acids is 2. The van der Waals surface area contributed by atoms with Crippen LogP contribution < -0.4 is 16.8 Å². The predicted molar refractivity (Wildman–Crippen MR) is 73.9 cm³/mol. The van der Waals surface area contributed by atoms with Gasteiger partial charge in [0.15, 0.2) is 0 Å². The second-order valence-corrected chi connectivity index (χ2v) is 5.23. The van der Waals surface area contributed by atoms with Crippen molar-refractivity contribution in [1.29, 1.82) is 0 Å². The lowest BCUT2D eigenvalue weighted by molar-refractivity contribution is -0.119. The summed E-state index contributed by atoms with van der Waals surface area (Å²) in [5.74, 6) is -0.704. The van der Waals surface area contributed by atoms with E-state index in [4.69, 9.17) is 23.1 Å². The molecule has 6 heteroatoms. The number of hydrogen-bond donors (Lipinski definition) is 3. The number of hydrogen-bond acceptors (Lipinski definition) is 3. The smallest absolute Gasteiger partial charge is 0.250 e. The highest BCUT2D eigenvalue weighted by atomic mass is 35.5. The van der Waals surface area contributed by atoms with Gasteiger partial charge in [-0.15, -0.1) is 0 Å². The maximum atomic E-state index is 12.0. The topological polar surface area (TPSA) is 98.2 Å². The zero-order valence-electron chi connectivity index (χ0n) is 10.4. The van der Waals surface area contributed by atoms with Gasteiger partial charge in [0.25, 0.3) is 0 Å². The van der Waals surface area contributed by atoms with Crippen LogP contribution in [0.4, 0.5) is 5.69 Å². The molecule has 2 rings (SSSR count). The Morgan fingerprint density at radius 3 is 2.58 bits per heavy atom. The van der Waals surface area contributed by atoms with Gasteiger partial charge in [-0.1, -0.05) is 11.6 Å². The van der Waals surface area contributed by atoms with E-state index in [1.807, 2.05) is 0 Å². The molecule has 2 amide bonds. The van der Waals surface area contributed by atoms with Gasteiger partial charge in [0.05, 0.1) is 10.6 Å². The van der Waals surface area contributed by atoms with Crippen LogP contribution >= 0.6 is 11.6 Å². The number of carbonyl (C=O) groups is 2. The molecule has 0 aromatic heterocycles. The Morgan fingerprint density at radius 2 is 2.05 bits per heavy atom. The van der Waals surface area contributed by atoms with Gasteiger partial charge in [0.2, 0.25) is 11.8 Å². The molecule has 1 aromatic carbocycles. The molecule has 2 unspecified atom stereocenters. The first kappa shape index (κ1) is 13.8. The Kier molecular flexibility index (Phi) is 4.07. The summed E-state index contributed by atoms with van der Waals surface area (Å²) in [6.45, 7) is 0. The van der Waals surface area contributed by atoms with E-state index in [0.717, 1.165) is 12.8 Å². The summed E-state index contributed by atoms with van der Waals surface area (Å²) in [5.41, 5.74) is 11.7. The van der Waals surface area contributed by atoms with Crippen molar-refractivity contribution in [2.75, 3.05) is 5.32 Å². The van der Waals surface area contributed by atoms with Crippen molar-refractivity contribution in [3.63, 3.8) is 0 Å². The minimum Gasteiger partial charge on any atom is -0.366 e. The van der Waals surface area contributed by atoms with Gasteiger partial charge < -0.3 is 16.8 Å². The van der Waals surface area contributed by atoms with Gasteiger partial charge in [-0.25, -0.2) is 0 Å². The lowest BCUT2D eigenvalue weighted by Crippen LogP contribution is -2.23. The van der Waals surface area contributed by atoms with Crippen LogP contribution in [0.15, 0.2) is 18.2 Å². The van der Waals surface area contributed by atoms with Crippen LogP contribution in [-0.2, 0) is 4.79 Å². The molecule has 19 heavy (non-hydrogen) atoms. The van der Waals surface area contributed by atoms with Crippen LogP contribution in [0.5, 0.6) is 0 Å². The summed E-state index contributed by atoms with van der Waals surface area (Å²) in [5, 5.41) is 3.01. The second kappa shape index (κ2) is 5.59. The van der Waals surface area contributed by atoms with Gasteiger partial charge in [-0.3, -0.25) is 9.59 Å². The highest BCUT2D eigenvalue weighted by molar-refractivity contribution is 6.34. The number of amides is 2. The van der Waals surface area contributed by atoms with E-state index in [0.29, 0.717) is 12.1 Å². The Bertz CT molecular complexity index is 519. The van der Waals surface area contributed by atoms with Crippen molar-refractivity contribution in [1.82, 2.24) is 0 Å². The normalized spacial score (nSPS) is 22.2. The standard InChI is InChI=1S/C13H16ClN3O2/c14-11-6-9(3-4-10(11)12(16)18)17-13(19)7-1-2-8(15)5-7/h3-4,6-8H,1-2,5,15H2,(H2,16,18)(H,17,19). The van der Waals surface area contributed by atoms with Crippen molar-refractivity contribution < 1.29 is 9.59 Å². The fourth-order valence-electron chi connectivity index (χ4n) is 2.29. The van der Waals surface area contributed by atoms with Crippen LogP contribution in [0.3, 0.4) is 0 Å². The van der Waals surface area contributed by atoms with Gasteiger partial charge in [0, 0.05) is 17.6 Å². The van der Waals surface area contributed by atoms with Gasteiger partial charge in [-0.05, 0) is 37.5 Å². The molecule has 5 nitrogen and oxygen atoms in total. The summed E-state index contributed by atoms with van der Waals surface area (Å²) < 4.78 is 0. The SMILES string of the molecule is NC(=O)c1ccc(NC(=O)C2CCC(N)C2)cc1Cl. The van der Waals surface area contributed by atoms with Crippen LogP contribution in [0.25, 0.3) is 0 Å². The minimum atomic E-state index is -0.593. The van der Waals surface area contributed by atoms with Crippen LogP contribution in [0, 0.1) is 5.92 Å². The number of benzene rings is 1. The van der Waals surface area contributed by atoms with E-state index in [1.165, 1.54) is 12.1 Å². The van der Waals surface area contributed by atoms with Crippen molar-refractivity contribution in [2.24, 2.45) is 17.4 Å². The summed E-state index contributed by atoms with van der Waals surface area (Å²) >= 11 is 5.92. The molecule has 0 radical (unpaired) electrons. The average Bonchev–Trinajstić information content (AvgIpc) is 2.75. The fraction of sp³-hybridized carbons (Fsp3) is 0.385. The van der Waals surface area contributed by atoms with E-state index < -0.39 is 5.91 Å². The molecule has 0 heterocycles. The molecule has 1 aliphatic rings. The molecule has 102 valence electrons.